The van der Waals surface area contributed by atoms with Crippen molar-refractivity contribution in [3.05, 3.63) is 28.8 Å². The third kappa shape index (κ3) is 2.64. The third-order valence-electron chi connectivity index (χ3n) is 4.77. The van der Waals surface area contributed by atoms with Gasteiger partial charge in [-0.2, -0.15) is 0 Å². The molecule has 2 atom stereocenters. The minimum Gasteiger partial charge on any atom is -0.507 e. The number of hydrogen-bond donors (Lipinski definition) is 1. The van der Waals surface area contributed by atoms with Crippen LogP contribution in [0.1, 0.15) is 42.5 Å². The highest BCUT2D eigenvalue weighted by Gasteiger charge is 2.33. The van der Waals surface area contributed by atoms with Crippen molar-refractivity contribution in [2.75, 3.05) is 13.1 Å². The van der Waals surface area contributed by atoms with Gasteiger partial charge in [-0.15, -0.1) is 0 Å². The maximum Gasteiger partial charge on any atom is 0.257 e. The van der Waals surface area contributed by atoms with Crippen molar-refractivity contribution in [2.45, 2.75) is 32.1 Å². The largest absolute Gasteiger partial charge is 0.507 e. The van der Waals surface area contributed by atoms with E-state index in [0.717, 1.165) is 25.4 Å². The highest BCUT2D eigenvalue weighted by molar-refractivity contribution is 6.31. The summed E-state index contributed by atoms with van der Waals surface area (Å²) < 4.78 is 0. The number of nitrogens with zero attached hydrogens (tertiary/aromatic N) is 1. The number of phenols is 1. The Morgan fingerprint density at radius 1 is 1.20 bits per heavy atom. The molecule has 20 heavy (non-hydrogen) atoms. The first-order valence-corrected chi connectivity index (χ1v) is 7.81. The van der Waals surface area contributed by atoms with Gasteiger partial charge < -0.3 is 10.0 Å². The average Bonchev–Trinajstić information content (AvgIpc) is 2.48. The van der Waals surface area contributed by atoms with Gasteiger partial charge in [0.05, 0.1) is 5.56 Å². The fraction of sp³-hybridized carbons (Fsp3) is 0.562. The number of halogens is 1. The lowest BCUT2D eigenvalue weighted by Crippen LogP contribution is -2.44. The third-order valence-corrected chi connectivity index (χ3v) is 5.00. The molecule has 2 aliphatic rings. The zero-order chi connectivity index (χ0) is 14.1. The fourth-order valence-corrected chi connectivity index (χ4v) is 3.81. The minimum absolute atomic E-state index is 0.0187. The van der Waals surface area contributed by atoms with E-state index in [1.54, 1.807) is 12.1 Å². The zero-order valence-corrected chi connectivity index (χ0v) is 12.3. The number of fused-ring (bicyclic) bond motifs is 1. The Hall–Kier alpha value is -1.22. The molecule has 1 aliphatic heterocycles. The van der Waals surface area contributed by atoms with Crippen LogP contribution >= 0.6 is 11.6 Å². The van der Waals surface area contributed by atoms with E-state index in [1.165, 1.54) is 31.7 Å². The molecule has 1 amide bonds. The summed E-state index contributed by atoms with van der Waals surface area (Å²) in [7, 11) is 0. The number of piperidine rings is 1. The number of rotatable bonds is 1. The molecule has 1 heterocycles. The minimum atomic E-state index is -0.0889. The molecular formula is C16H20ClNO2. The summed E-state index contributed by atoms with van der Waals surface area (Å²) in [5.41, 5.74) is 0.326. The molecule has 2 unspecified atom stereocenters. The van der Waals surface area contributed by atoms with Crippen molar-refractivity contribution < 1.29 is 9.90 Å². The van der Waals surface area contributed by atoms with Gasteiger partial charge in [-0.05, 0) is 42.9 Å². The van der Waals surface area contributed by atoms with Gasteiger partial charge in [0.2, 0.25) is 0 Å². The monoisotopic (exact) mass is 293 g/mol. The van der Waals surface area contributed by atoms with Crippen LogP contribution in [0.5, 0.6) is 5.75 Å². The molecular weight excluding hydrogens is 274 g/mol. The van der Waals surface area contributed by atoms with Gasteiger partial charge in [-0.3, -0.25) is 4.79 Å². The van der Waals surface area contributed by atoms with Crippen LogP contribution in [0.25, 0.3) is 0 Å². The Kier molecular flexibility index (Phi) is 3.88. The molecule has 108 valence electrons. The van der Waals surface area contributed by atoms with E-state index in [1.807, 2.05) is 4.90 Å². The summed E-state index contributed by atoms with van der Waals surface area (Å²) in [4.78, 5) is 14.4. The van der Waals surface area contributed by atoms with Gasteiger partial charge in [0.1, 0.15) is 5.75 Å². The molecule has 1 aromatic carbocycles. The Labute approximate surface area is 124 Å². The summed E-state index contributed by atoms with van der Waals surface area (Å²) in [6, 6.07) is 4.65. The number of phenolic OH excluding ortho intramolecular Hbond substituents is 1. The number of amides is 1. The van der Waals surface area contributed by atoms with Gasteiger partial charge in [-0.25, -0.2) is 0 Å². The van der Waals surface area contributed by atoms with E-state index >= 15 is 0 Å². The Balaban J connectivity index is 1.76. The molecule has 1 saturated carbocycles. The lowest BCUT2D eigenvalue weighted by atomic mass is 9.75. The molecule has 0 radical (unpaired) electrons. The predicted octanol–water partition coefficient (Wildman–Crippen LogP) is 3.70. The Morgan fingerprint density at radius 3 is 2.75 bits per heavy atom. The van der Waals surface area contributed by atoms with E-state index in [0.29, 0.717) is 16.5 Å². The van der Waals surface area contributed by atoms with Crippen molar-refractivity contribution in [3.63, 3.8) is 0 Å². The molecule has 1 N–H and O–H groups in total. The molecule has 2 fully saturated rings. The number of benzene rings is 1. The van der Waals surface area contributed by atoms with E-state index in [4.69, 9.17) is 11.6 Å². The zero-order valence-electron chi connectivity index (χ0n) is 11.5. The summed E-state index contributed by atoms with van der Waals surface area (Å²) in [5.74, 6) is 1.36. The quantitative estimate of drug-likeness (QED) is 0.858. The standard InChI is InChI=1S/C16H20ClNO2/c17-13-5-6-15(19)14(9-13)16(20)18-8-7-11-3-1-2-4-12(11)10-18/h5-6,9,11-12,19H,1-4,7-8,10H2. The van der Waals surface area contributed by atoms with E-state index in [2.05, 4.69) is 0 Å². The fourth-order valence-electron chi connectivity index (χ4n) is 3.64. The molecule has 1 saturated heterocycles. The highest BCUT2D eigenvalue weighted by Crippen LogP contribution is 2.37. The van der Waals surface area contributed by atoms with Gasteiger partial charge in [-0.1, -0.05) is 30.9 Å². The van der Waals surface area contributed by atoms with Crippen molar-refractivity contribution in [1.29, 1.82) is 0 Å². The van der Waals surface area contributed by atoms with Gasteiger partial charge in [0.15, 0.2) is 0 Å². The topological polar surface area (TPSA) is 40.5 Å². The number of likely N-dealkylation sites (tertiary alicyclic amines) is 1. The van der Waals surface area contributed by atoms with Crippen molar-refractivity contribution in [3.8, 4) is 5.75 Å². The molecule has 0 bridgehead atoms. The maximum absolute atomic E-state index is 12.6. The second-order valence-corrected chi connectivity index (χ2v) is 6.44. The lowest BCUT2D eigenvalue weighted by molar-refractivity contribution is 0.0518. The highest BCUT2D eigenvalue weighted by atomic mass is 35.5. The van der Waals surface area contributed by atoms with E-state index < -0.39 is 0 Å². The van der Waals surface area contributed by atoms with Crippen LogP contribution < -0.4 is 0 Å². The summed E-state index contributed by atoms with van der Waals surface area (Å²) in [6.07, 6.45) is 6.26. The molecule has 0 aromatic heterocycles. The first kappa shape index (κ1) is 13.7. The number of aromatic hydroxyl groups is 1. The van der Waals surface area contributed by atoms with Gasteiger partial charge >= 0.3 is 0 Å². The van der Waals surface area contributed by atoms with Crippen molar-refractivity contribution in [2.24, 2.45) is 11.8 Å². The average molecular weight is 294 g/mol. The molecule has 4 heteroatoms. The molecule has 3 nitrogen and oxygen atoms in total. The van der Waals surface area contributed by atoms with E-state index in [9.17, 15) is 9.90 Å². The predicted molar refractivity (Wildman–Crippen MR) is 79.1 cm³/mol. The second kappa shape index (κ2) is 5.65. The van der Waals surface area contributed by atoms with Crippen LogP contribution in [0.4, 0.5) is 0 Å². The summed E-state index contributed by atoms with van der Waals surface area (Å²) in [5, 5.41) is 10.3. The number of hydrogen-bond acceptors (Lipinski definition) is 2. The van der Waals surface area contributed by atoms with Crippen LogP contribution in [0.2, 0.25) is 5.02 Å². The molecule has 1 aliphatic carbocycles. The Morgan fingerprint density at radius 2 is 1.95 bits per heavy atom. The van der Waals surface area contributed by atoms with Gasteiger partial charge in [0.25, 0.3) is 5.91 Å². The molecule has 1 aromatic rings. The first-order chi connectivity index (χ1) is 9.65. The SMILES string of the molecule is O=C(c1cc(Cl)ccc1O)N1CCC2CCCCC2C1. The molecule has 0 spiro atoms. The van der Waals surface area contributed by atoms with Gasteiger partial charge in [0, 0.05) is 18.1 Å². The van der Waals surface area contributed by atoms with Crippen LogP contribution in [0.15, 0.2) is 18.2 Å². The van der Waals surface area contributed by atoms with E-state index in [-0.39, 0.29) is 11.7 Å². The summed E-state index contributed by atoms with van der Waals surface area (Å²) in [6.45, 7) is 1.63. The Bertz CT molecular complexity index is 517. The normalized spacial score (nSPS) is 26.1. The van der Waals surface area contributed by atoms with Crippen molar-refractivity contribution >= 4 is 17.5 Å². The van der Waals surface area contributed by atoms with Crippen LogP contribution in [0.3, 0.4) is 0 Å². The van der Waals surface area contributed by atoms with Crippen LogP contribution in [0, 0.1) is 11.8 Å². The van der Waals surface area contributed by atoms with Crippen LogP contribution in [-0.4, -0.2) is 29.0 Å². The van der Waals surface area contributed by atoms with Crippen molar-refractivity contribution in [1.82, 2.24) is 4.90 Å². The van der Waals surface area contributed by atoms with Crippen LogP contribution in [-0.2, 0) is 0 Å². The molecule has 3 rings (SSSR count). The number of carbonyl (C=O) groups is 1. The number of carbonyl (C=O) groups excluding carboxylic acids is 1. The summed E-state index contributed by atoms with van der Waals surface area (Å²) >= 11 is 5.93. The maximum atomic E-state index is 12.6. The smallest absolute Gasteiger partial charge is 0.257 e. The first-order valence-electron chi connectivity index (χ1n) is 7.43. The second-order valence-electron chi connectivity index (χ2n) is 6.01. The lowest BCUT2D eigenvalue weighted by Gasteiger charge is -2.41.